The van der Waals surface area contributed by atoms with Crippen molar-refractivity contribution in [3.63, 3.8) is 0 Å². The number of hydrogen-bond acceptors (Lipinski definition) is 3. The minimum Gasteiger partial charge on any atom is -0.337 e. The monoisotopic (exact) mass is 322 g/mol. The Morgan fingerprint density at radius 1 is 1.42 bits per heavy atom. The first-order valence-electron chi connectivity index (χ1n) is 8.35. The van der Waals surface area contributed by atoms with Crippen LogP contribution in [0.3, 0.4) is 0 Å². The molecule has 1 aromatic carbocycles. The third-order valence-electron chi connectivity index (χ3n) is 4.84. The van der Waals surface area contributed by atoms with Gasteiger partial charge in [-0.15, -0.1) is 0 Å². The van der Waals surface area contributed by atoms with Gasteiger partial charge >= 0.3 is 0 Å². The van der Waals surface area contributed by atoms with Gasteiger partial charge in [-0.25, -0.2) is 4.68 Å². The van der Waals surface area contributed by atoms with Crippen LogP contribution >= 0.6 is 0 Å². The largest absolute Gasteiger partial charge is 0.337 e. The summed E-state index contributed by atoms with van der Waals surface area (Å²) in [6.45, 7) is 3.95. The highest BCUT2D eigenvalue weighted by Gasteiger charge is 2.30. The van der Waals surface area contributed by atoms with Crippen molar-refractivity contribution < 1.29 is 4.79 Å². The number of amides is 1. The topological polar surface area (TPSA) is 61.9 Å². The SMILES string of the molecule is Cc1ccccc1-n1nc(C(=O)N(C)C(C)CC#N)c2c1CCC2. The Labute approximate surface area is 142 Å². The number of para-hydroxylation sites is 1. The molecular weight excluding hydrogens is 300 g/mol. The van der Waals surface area contributed by atoms with Crippen molar-refractivity contribution in [1.82, 2.24) is 14.7 Å². The molecule has 0 spiro atoms. The first kappa shape index (κ1) is 16.3. The lowest BCUT2D eigenvalue weighted by molar-refractivity contribution is 0.0738. The number of hydrogen-bond donors (Lipinski definition) is 0. The van der Waals surface area contributed by atoms with Crippen LogP contribution in [0.4, 0.5) is 0 Å². The fourth-order valence-electron chi connectivity index (χ4n) is 3.25. The Kier molecular flexibility index (Phi) is 4.39. The van der Waals surface area contributed by atoms with E-state index in [4.69, 9.17) is 5.26 Å². The van der Waals surface area contributed by atoms with Gasteiger partial charge in [-0.05, 0) is 44.7 Å². The zero-order valence-electron chi connectivity index (χ0n) is 14.4. The number of aromatic nitrogens is 2. The van der Waals surface area contributed by atoms with E-state index in [1.807, 2.05) is 29.8 Å². The second-order valence-corrected chi connectivity index (χ2v) is 6.45. The van der Waals surface area contributed by atoms with E-state index in [1.165, 1.54) is 0 Å². The molecule has 0 fully saturated rings. The van der Waals surface area contributed by atoms with Crippen LogP contribution in [0.1, 0.15) is 47.1 Å². The number of carbonyl (C=O) groups is 1. The van der Waals surface area contributed by atoms with Gasteiger partial charge in [-0.2, -0.15) is 10.4 Å². The summed E-state index contributed by atoms with van der Waals surface area (Å²) in [6.07, 6.45) is 3.21. The van der Waals surface area contributed by atoms with Gasteiger partial charge < -0.3 is 4.90 Å². The van der Waals surface area contributed by atoms with E-state index < -0.39 is 0 Å². The van der Waals surface area contributed by atoms with Crippen molar-refractivity contribution in [2.45, 2.75) is 45.6 Å². The number of carbonyl (C=O) groups excluding carboxylic acids is 1. The molecule has 124 valence electrons. The van der Waals surface area contributed by atoms with Crippen molar-refractivity contribution in [1.29, 1.82) is 5.26 Å². The third-order valence-corrected chi connectivity index (χ3v) is 4.84. The van der Waals surface area contributed by atoms with Gasteiger partial charge in [0.15, 0.2) is 5.69 Å². The van der Waals surface area contributed by atoms with Crippen LogP contribution in [0, 0.1) is 18.3 Å². The number of rotatable bonds is 4. The van der Waals surface area contributed by atoms with Gasteiger partial charge in [0.05, 0.1) is 18.2 Å². The minimum absolute atomic E-state index is 0.0942. The smallest absolute Gasteiger partial charge is 0.274 e. The molecule has 24 heavy (non-hydrogen) atoms. The highest BCUT2D eigenvalue weighted by atomic mass is 16.2. The molecule has 5 heteroatoms. The molecule has 1 aliphatic carbocycles. The lowest BCUT2D eigenvalue weighted by Gasteiger charge is -2.22. The van der Waals surface area contributed by atoms with Gasteiger partial charge in [0, 0.05) is 24.3 Å². The molecule has 0 N–H and O–H groups in total. The summed E-state index contributed by atoms with van der Waals surface area (Å²) >= 11 is 0. The standard InChI is InChI=1S/C19H22N4O/c1-13-7-4-5-9-16(13)23-17-10-6-8-15(17)18(21-23)19(24)22(3)14(2)11-12-20/h4-5,7,9,14H,6,8,10-11H2,1-3H3. The van der Waals surface area contributed by atoms with Crippen molar-refractivity contribution in [2.24, 2.45) is 0 Å². The predicted octanol–water partition coefficient (Wildman–Crippen LogP) is 3.04. The Bertz CT molecular complexity index is 815. The van der Waals surface area contributed by atoms with Crippen LogP contribution in [-0.4, -0.2) is 33.7 Å². The second-order valence-electron chi connectivity index (χ2n) is 6.45. The molecule has 1 unspecified atom stereocenters. The van der Waals surface area contributed by atoms with E-state index in [9.17, 15) is 4.79 Å². The van der Waals surface area contributed by atoms with Crippen molar-refractivity contribution in [3.05, 3.63) is 46.8 Å². The maximum Gasteiger partial charge on any atom is 0.274 e. The molecule has 0 saturated carbocycles. The minimum atomic E-state index is -0.122. The molecule has 1 heterocycles. The van der Waals surface area contributed by atoms with Crippen LogP contribution in [-0.2, 0) is 12.8 Å². The molecule has 1 amide bonds. The van der Waals surface area contributed by atoms with Crippen LogP contribution in [0.15, 0.2) is 24.3 Å². The van der Waals surface area contributed by atoms with E-state index in [1.54, 1.807) is 11.9 Å². The molecule has 5 nitrogen and oxygen atoms in total. The first-order chi connectivity index (χ1) is 11.5. The summed E-state index contributed by atoms with van der Waals surface area (Å²) < 4.78 is 1.94. The predicted molar refractivity (Wildman–Crippen MR) is 92.1 cm³/mol. The quantitative estimate of drug-likeness (QED) is 0.869. The molecule has 1 atom stereocenters. The van der Waals surface area contributed by atoms with Gasteiger partial charge in [0.1, 0.15) is 0 Å². The molecule has 0 aliphatic heterocycles. The van der Waals surface area contributed by atoms with Gasteiger partial charge in [0.25, 0.3) is 5.91 Å². The number of benzene rings is 1. The molecule has 0 saturated heterocycles. The Balaban J connectivity index is 2.02. The molecule has 0 bridgehead atoms. The molecule has 1 aliphatic rings. The van der Waals surface area contributed by atoms with Gasteiger partial charge in [0.2, 0.25) is 0 Å². The fraction of sp³-hybridized carbons (Fsp3) is 0.421. The van der Waals surface area contributed by atoms with Crippen molar-refractivity contribution >= 4 is 5.91 Å². The molecule has 3 rings (SSSR count). The summed E-state index contributed by atoms with van der Waals surface area (Å²) in [5.74, 6) is -0.0942. The molecule has 2 aromatic rings. The van der Waals surface area contributed by atoms with E-state index in [-0.39, 0.29) is 11.9 Å². The molecular formula is C19H22N4O. The second kappa shape index (κ2) is 6.48. The number of aryl methyl sites for hydroxylation is 1. The summed E-state index contributed by atoms with van der Waals surface area (Å²) in [5, 5.41) is 13.5. The van der Waals surface area contributed by atoms with Crippen LogP contribution in [0.2, 0.25) is 0 Å². The zero-order valence-corrected chi connectivity index (χ0v) is 14.4. The normalized spacial score (nSPS) is 14.1. The number of nitriles is 1. The summed E-state index contributed by atoms with van der Waals surface area (Å²) in [5.41, 5.74) is 4.92. The Hall–Kier alpha value is -2.61. The average Bonchev–Trinajstić information content (AvgIpc) is 3.17. The summed E-state index contributed by atoms with van der Waals surface area (Å²) in [6, 6.07) is 10.1. The maximum absolute atomic E-state index is 12.9. The maximum atomic E-state index is 12.9. The molecule has 1 aromatic heterocycles. The number of fused-ring (bicyclic) bond motifs is 1. The summed E-state index contributed by atoms with van der Waals surface area (Å²) in [4.78, 5) is 14.5. The van der Waals surface area contributed by atoms with Crippen molar-refractivity contribution in [3.8, 4) is 11.8 Å². The lowest BCUT2D eigenvalue weighted by atomic mass is 10.1. The molecule has 0 radical (unpaired) electrons. The average molecular weight is 322 g/mol. The van der Waals surface area contributed by atoms with E-state index in [0.29, 0.717) is 12.1 Å². The van der Waals surface area contributed by atoms with Gasteiger partial charge in [-0.1, -0.05) is 18.2 Å². The number of nitrogens with zero attached hydrogens (tertiary/aromatic N) is 4. The van der Waals surface area contributed by atoms with Crippen LogP contribution in [0.25, 0.3) is 5.69 Å². The van der Waals surface area contributed by atoms with Crippen molar-refractivity contribution in [2.75, 3.05) is 7.05 Å². The van der Waals surface area contributed by atoms with E-state index in [0.717, 1.165) is 41.8 Å². The Morgan fingerprint density at radius 3 is 2.88 bits per heavy atom. The van der Waals surface area contributed by atoms with E-state index >= 15 is 0 Å². The van der Waals surface area contributed by atoms with Crippen LogP contribution in [0.5, 0.6) is 0 Å². The lowest BCUT2D eigenvalue weighted by Crippen LogP contribution is -2.35. The Morgan fingerprint density at radius 2 is 2.17 bits per heavy atom. The summed E-state index contributed by atoms with van der Waals surface area (Å²) in [7, 11) is 1.75. The fourth-order valence-corrected chi connectivity index (χ4v) is 3.25. The first-order valence-corrected chi connectivity index (χ1v) is 8.35. The van der Waals surface area contributed by atoms with E-state index in [2.05, 4.69) is 24.2 Å². The zero-order chi connectivity index (χ0) is 17.3. The van der Waals surface area contributed by atoms with Crippen LogP contribution < -0.4 is 0 Å². The highest BCUT2D eigenvalue weighted by molar-refractivity contribution is 5.94. The highest BCUT2D eigenvalue weighted by Crippen LogP contribution is 2.29. The third kappa shape index (κ3) is 2.69. The van der Waals surface area contributed by atoms with Gasteiger partial charge in [-0.3, -0.25) is 4.79 Å².